The highest BCUT2D eigenvalue weighted by molar-refractivity contribution is 6.30. The molecular formula is C20H18ClN3O2. The van der Waals surface area contributed by atoms with Gasteiger partial charge in [-0.05, 0) is 53.6 Å². The molecule has 3 rings (SSSR count). The SMILES string of the molecule is O=C(NCc1cccnc1)Nc1ccc(OCc2ccc(Cl)cc2)cc1. The van der Waals surface area contributed by atoms with E-state index in [-0.39, 0.29) is 6.03 Å². The predicted molar refractivity (Wildman–Crippen MR) is 102 cm³/mol. The molecule has 0 saturated carbocycles. The van der Waals surface area contributed by atoms with Crippen LogP contribution in [0.5, 0.6) is 5.75 Å². The number of hydrogen-bond donors (Lipinski definition) is 2. The van der Waals surface area contributed by atoms with Gasteiger partial charge in [-0.25, -0.2) is 4.79 Å². The first-order valence-electron chi connectivity index (χ1n) is 8.10. The third-order valence-electron chi connectivity index (χ3n) is 3.61. The lowest BCUT2D eigenvalue weighted by Crippen LogP contribution is -2.28. The Bertz CT molecular complexity index is 837. The molecule has 132 valence electrons. The van der Waals surface area contributed by atoms with Crippen molar-refractivity contribution in [3.8, 4) is 5.75 Å². The summed E-state index contributed by atoms with van der Waals surface area (Å²) < 4.78 is 5.72. The number of anilines is 1. The van der Waals surface area contributed by atoms with Crippen LogP contribution in [0.2, 0.25) is 5.02 Å². The average Bonchev–Trinajstić information content (AvgIpc) is 2.68. The van der Waals surface area contributed by atoms with Gasteiger partial charge in [-0.1, -0.05) is 29.8 Å². The Morgan fingerprint density at radius 3 is 2.46 bits per heavy atom. The number of benzene rings is 2. The maximum atomic E-state index is 11.9. The quantitative estimate of drug-likeness (QED) is 0.667. The van der Waals surface area contributed by atoms with Crippen LogP contribution in [0, 0.1) is 0 Å². The first kappa shape index (κ1) is 17.8. The van der Waals surface area contributed by atoms with Crippen molar-refractivity contribution >= 4 is 23.3 Å². The molecule has 1 heterocycles. The molecule has 6 heteroatoms. The van der Waals surface area contributed by atoms with E-state index >= 15 is 0 Å². The van der Waals surface area contributed by atoms with Crippen LogP contribution < -0.4 is 15.4 Å². The van der Waals surface area contributed by atoms with E-state index in [1.165, 1.54) is 0 Å². The average molecular weight is 368 g/mol. The number of rotatable bonds is 6. The van der Waals surface area contributed by atoms with E-state index in [2.05, 4.69) is 15.6 Å². The van der Waals surface area contributed by atoms with Gasteiger partial charge in [-0.2, -0.15) is 0 Å². The molecule has 26 heavy (non-hydrogen) atoms. The van der Waals surface area contributed by atoms with E-state index in [1.54, 1.807) is 24.5 Å². The van der Waals surface area contributed by atoms with Crippen LogP contribution in [0.3, 0.4) is 0 Å². The lowest BCUT2D eigenvalue weighted by Gasteiger charge is -2.09. The number of carbonyl (C=O) groups excluding carboxylic acids is 1. The van der Waals surface area contributed by atoms with Gasteiger partial charge in [0.05, 0.1) is 0 Å². The Morgan fingerprint density at radius 2 is 1.77 bits per heavy atom. The number of hydrogen-bond acceptors (Lipinski definition) is 3. The van der Waals surface area contributed by atoms with Crippen molar-refractivity contribution in [3.05, 3.63) is 89.2 Å². The van der Waals surface area contributed by atoms with Crippen LogP contribution in [-0.2, 0) is 13.2 Å². The van der Waals surface area contributed by atoms with Gasteiger partial charge in [0.2, 0.25) is 0 Å². The number of nitrogens with zero attached hydrogens (tertiary/aromatic N) is 1. The minimum absolute atomic E-state index is 0.274. The second kappa shape index (κ2) is 8.87. The molecule has 2 aromatic carbocycles. The van der Waals surface area contributed by atoms with Crippen molar-refractivity contribution in [2.75, 3.05) is 5.32 Å². The highest BCUT2D eigenvalue weighted by atomic mass is 35.5. The molecule has 0 aliphatic carbocycles. The highest BCUT2D eigenvalue weighted by Gasteiger charge is 2.03. The molecule has 0 atom stereocenters. The number of carbonyl (C=O) groups is 1. The molecule has 1 aromatic heterocycles. The molecule has 0 spiro atoms. The van der Waals surface area contributed by atoms with Gasteiger partial charge in [-0.15, -0.1) is 0 Å². The number of amides is 2. The Morgan fingerprint density at radius 1 is 1.00 bits per heavy atom. The van der Waals surface area contributed by atoms with Gasteiger partial charge in [-0.3, -0.25) is 4.98 Å². The molecule has 0 unspecified atom stereocenters. The highest BCUT2D eigenvalue weighted by Crippen LogP contribution is 2.18. The standard InChI is InChI=1S/C20H18ClN3O2/c21-17-5-3-15(4-6-17)14-26-19-9-7-18(8-10-19)24-20(25)23-13-16-2-1-11-22-12-16/h1-12H,13-14H2,(H2,23,24,25). The fourth-order valence-corrected chi connectivity index (χ4v) is 2.37. The van der Waals surface area contributed by atoms with Crippen molar-refractivity contribution in [2.24, 2.45) is 0 Å². The number of urea groups is 1. The largest absolute Gasteiger partial charge is 0.489 e. The summed E-state index contributed by atoms with van der Waals surface area (Å²) in [5.74, 6) is 0.723. The zero-order chi connectivity index (χ0) is 18.2. The molecule has 2 amide bonds. The van der Waals surface area contributed by atoms with Gasteiger partial charge in [0.25, 0.3) is 0 Å². The number of aromatic nitrogens is 1. The second-order valence-electron chi connectivity index (χ2n) is 5.61. The van der Waals surface area contributed by atoms with Crippen molar-refractivity contribution in [1.29, 1.82) is 0 Å². The van der Waals surface area contributed by atoms with Crippen LogP contribution in [0.4, 0.5) is 10.5 Å². The fraction of sp³-hybridized carbons (Fsp3) is 0.100. The Kier molecular flexibility index (Phi) is 6.06. The van der Waals surface area contributed by atoms with Crippen molar-refractivity contribution < 1.29 is 9.53 Å². The lowest BCUT2D eigenvalue weighted by molar-refractivity contribution is 0.251. The minimum atomic E-state index is -0.274. The first-order chi connectivity index (χ1) is 12.7. The number of ether oxygens (including phenoxy) is 1. The van der Waals surface area contributed by atoms with Crippen molar-refractivity contribution in [3.63, 3.8) is 0 Å². The molecule has 5 nitrogen and oxygen atoms in total. The van der Waals surface area contributed by atoms with E-state index < -0.39 is 0 Å². The summed E-state index contributed by atoms with van der Waals surface area (Å²) in [6, 6.07) is 18.2. The molecular weight excluding hydrogens is 350 g/mol. The van der Waals surface area contributed by atoms with Crippen LogP contribution in [0.1, 0.15) is 11.1 Å². The van der Waals surface area contributed by atoms with Gasteiger partial charge in [0.15, 0.2) is 0 Å². The molecule has 0 aliphatic heterocycles. The normalized spacial score (nSPS) is 10.2. The predicted octanol–water partition coefficient (Wildman–Crippen LogP) is 4.64. The molecule has 3 aromatic rings. The summed E-state index contributed by atoms with van der Waals surface area (Å²) in [4.78, 5) is 15.9. The van der Waals surface area contributed by atoms with Gasteiger partial charge >= 0.3 is 6.03 Å². The van der Waals surface area contributed by atoms with Gasteiger partial charge < -0.3 is 15.4 Å². The number of nitrogens with one attached hydrogen (secondary N) is 2. The summed E-state index contributed by atoms with van der Waals surface area (Å²) in [6.45, 7) is 0.873. The van der Waals surface area contributed by atoms with Gasteiger partial charge in [0.1, 0.15) is 12.4 Å². The van der Waals surface area contributed by atoms with Gasteiger partial charge in [0, 0.05) is 29.6 Å². The van der Waals surface area contributed by atoms with Crippen LogP contribution >= 0.6 is 11.6 Å². The lowest BCUT2D eigenvalue weighted by atomic mass is 10.2. The Labute approximate surface area is 157 Å². The van der Waals surface area contributed by atoms with E-state index in [4.69, 9.17) is 16.3 Å². The zero-order valence-electron chi connectivity index (χ0n) is 14.0. The molecule has 0 saturated heterocycles. The number of pyridine rings is 1. The van der Waals surface area contributed by atoms with E-state index in [1.807, 2.05) is 48.5 Å². The summed E-state index contributed by atoms with van der Waals surface area (Å²) in [5, 5.41) is 6.26. The molecule has 2 N–H and O–H groups in total. The zero-order valence-corrected chi connectivity index (χ0v) is 14.7. The molecule has 0 bridgehead atoms. The molecule has 0 radical (unpaired) electrons. The Balaban J connectivity index is 1.46. The smallest absolute Gasteiger partial charge is 0.319 e. The van der Waals surface area contributed by atoms with Crippen LogP contribution in [0.25, 0.3) is 0 Å². The third-order valence-corrected chi connectivity index (χ3v) is 3.86. The minimum Gasteiger partial charge on any atom is -0.489 e. The van der Waals surface area contributed by atoms with E-state index in [9.17, 15) is 4.79 Å². The van der Waals surface area contributed by atoms with Crippen molar-refractivity contribution in [2.45, 2.75) is 13.2 Å². The second-order valence-corrected chi connectivity index (χ2v) is 6.04. The maximum Gasteiger partial charge on any atom is 0.319 e. The van der Waals surface area contributed by atoms with E-state index in [0.29, 0.717) is 23.9 Å². The van der Waals surface area contributed by atoms with Crippen molar-refractivity contribution in [1.82, 2.24) is 10.3 Å². The molecule has 0 aliphatic rings. The first-order valence-corrected chi connectivity index (χ1v) is 8.48. The summed E-state index contributed by atoms with van der Waals surface area (Å²) >= 11 is 5.86. The van der Waals surface area contributed by atoms with Crippen LogP contribution in [0.15, 0.2) is 73.1 Å². The fourth-order valence-electron chi connectivity index (χ4n) is 2.24. The summed E-state index contributed by atoms with van der Waals surface area (Å²) in [5.41, 5.74) is 2.66. The number of halogens is 1. The summed E-state index contributed by atoms with van der Waals surface area (Å²) in [7, 11) is 0. The maximum absolute atomic E-state index is 11.9. The Hall–Kier alpha value is -3.05. The molecule has 0 fully saturated rings. The van der Waals surface area contributed by atoms with E-state index in [0.717, 1.165) is 16.9 Å². The summed E-state index contributed by atoms with van der Waals surface area (Å²) in [6.07, 6.45) is 3.41. The van der Waals surface area contributed by atoms with Crippen LogP contribution in [-0.4, -0.2) is 11.0 Å². The monoisotopic (exact) mass is 367 g/mol. The third kappa shape index (κ3) is 5.50. The topological polar surface area (TPSA) is 63.2 Å².